The molecule has 1 rings (SSSR count). The third-order valence-corrected chi connectivity index (χ3v) is 1.97. The van der Waals surface area contributed by atoms with Gasteiger partial charge in [-0.2, -0.15) is 0 Å². The van der Waals surface area contributed by atoms with Crippen molar-refractivity contribution in [1.29, 1.82) is 0 Å². The number of carbonyl (C=O) groups is 2. The molecule has 0 aromatic carbocycles. The SMILES string of the molecule is CC(=O)C1=CC(O)(O)C(C(=O)O)C=C1. The molecule has 0 saturated heterocycles. The monoisotopic (exact) mass is 198 g/mol. The summed E-state index contributed by atoms with van der Waals surface area (Å²) in [6, 6.07) is 0. The lowest BCUT2D eigenvalue weighted by atomic mass is 9.89. The summed E-state index contributed by atoms with van der Waals surface area (Å²) in [4.78, 5) is 21.4. The van der Waals surface area contributed by atoms with Crippen LogP contribution in [0.15, 0.2) is 23.8 Å². The highest BCUT2D eigenvalue weighted by molar-refractivity contribution is 5.97. The van der Waals surface area contributed by atoms with Gasteiger partial charge in [0.05, 0.1) is 0 Å². The number of carboxylic acids is 1. The number of aliphatic hydroxyl groups is 2. The minimum absolute atomic E-state index is 0.0903. The molecule has 1 unspecified atom stereocenters. The minimum atomic E-state index is -2.50. The molecule has 3 N–H and O–H groups in total. The Balaban J connectivity index is 3.04. The van der Waals surface area contributed by atoms with Gasteiger partial charge in [0.25, 0.3) is 0 Å². The molecule has 0 heterocycles. The first-order valence-corrected chi connectivity index (χ1v) is 3.94. The Morgan fingerprint density at radius 2 is 2.00 bits per heavy atom. The molecule has 1 aliphatic rings. The van der Waals surface area contributed by atoms with Crippen molar-refractivity contribution in [3.05, 3.63) is 23.8 Å². The number of hydrogen-bond acceptors (Lipinski definition) is 4. The van der Waals surface area contributed by atoms with Gasteiger partial charge in [0.2, 0.25) is 5.79 Å². The average molecular weight is 198 g/mol. The molecule has 0 aliphatic heterocycles. The van der Waals surface area contributed by atoms with Crippen LogP contribution in [-0.2, 0) is 9.59 Å². The molecule has 0 amide bonds. The van der Waals surface area contributed by atoms with E-state index in [1.54, 1.807) is 0 Å². The van der Waals surface area contributed by atoms with E-state index in [4.69, 9.17) is 5.11 Å². The number of carbonyl (C=O) groups excluding carboxylic acids is 1. The van der Waals surface area contributed by atoms with Crippen LogP contribution < -0.4 is 0 Å². The third kappa shape index (κ3) is 1.89. The van der Waals surface area contributed by atoms with Gasteiger partial charge in [0.15, 0.2) is 5.78 Å². The Labute approximate surface area is 80.0 Å². The molecule has 1 aliphatic carbocycles. The highest BCUT2D eigenvalue weighted by Gasteiger charge is 2.39. The zero-order valence-electron chi connectivity index (χ0n) is 7.47. The first-order chi connectivity index (χ1) is 6.34. The molecule has 0 spiro atoms. The molecule has 14 heavy (non-hydrogen) atoms. The topological polar surface area (TPSA) is 94.8 Å². The van der Waals surface area contributed by atoms with Gasteiger partial charge < -0.3 is 15.3 Å². The number of ketones is 1. The molecule has 76 valence electrons. The lowest BCUT2D eigenvalue weighted by Gasteiger charge is -2.26. The highest BCUT2D eigenvalue weighted by atomic mass is 16.5. The summed E-state index contributed by atoms with van der Waals surface area (Å²) < 4.78 is 0. The van der Waals surface area contributed by atoms with E-state index < -0.39 is 17.7 Å². The molecule has 0 aromatic rings. The molecular weight excluding hydrogens is 188 g/mol. The van der Waals surface area contributed by atoms with Gasteiger partial charge in [0, 0.05) is 5.57 Å². The second kappa shape index (κ2) is 3.36. The van der Waals surface area contributed by atoms with Crippen molar-refractivity contribution in [3.8, 4) is 0 Å². The summed E-state index contributed by atoms with van der Waals surface area (Å²) in [5.74, 6) is -5.64. The van der Waals surface area contributed by atoms with E-state index in [0.717, 1.165) is 12.2 Å². The lowest BCUT2D eigenvalue weighted by Crippen LogP contribution is -2.41. The van der Waals surface area contributed by atoms with E-state index in [1.165, 1.54) is 13.0 Å². The Morgan fingerprint density at radius 1 is 1.43 bits per heavy atom. The average Bonchev–Trinajstić information content (AvgIpc) is 2.01. The first-order valence-electron chi connectivity index (χ1n) is 3.94. The summed E-state index contributed by atoms with van der Waals surface area (Å²) in [7, 11) is 0. The van der Waals surface area contributed by atoms with Gasteiger partial charge in [-0.15, -0.1) is 0 Å². The highest BCUT2D eigenvalue weighted by Crippen LogP contribution is 2.25. The van der Waals surface area contributed by atoms with Gasteiger partial charge in [-0.3, -0.25) is 9.59 Å². The third-order valence-electron chi connectivity index (χ3n) is 1.97. The van der Waals surface area contributed by atoms with Crippen molar-refractivity contribution in [1.82, 2.24) is 0 Å². The van der Waals surface area contributed by atoms with Crippen molar-refractivity contribution in [2.75, 3.05) is 0 Å². The van der Waals surface area contributed by atoms with Crippen LogP contribution in [-0.4, -0.2) is 32.9 Å². The van der Waals surface area contributed by atoms with Gasteiger partial charge >= 0.3 is 5.97 Å². The van der Waals surface area contributed by atoms with Crippen LogP contribution in [0.5, 0.6) is 0 Å². The Bertz CT molecular complexity index is 337. The molecule has 0 bridgehead atoms. The van der Waals surface area contributed by atoms with E-state index >= 15 is 0 Å². The Hall–Kier alpha value is -1.46. The number of carboxylic acid groups (broad SMARTS) is 1. The van der Waals surface area contributed by atoms with Crippen LogP contribution in [0.1, 0.15) is 6.92 Å². The van der Waals surface area contributed by atoms with Crippen LogP contribution in [0.4, 0.5) is 0 Å². The predicted molar refractivity (Wildman–Crippen MR) is 46.2 cm³/mol. The van der Waals surface area contributed by atoms with Crippen molar-refractivity contribution in [2.24, 2.45) is 5.92 Å². The summed E-state index contributed by atoms with van der Waals surface area (Å²) in [5, 5.41) is 27.3. The lowest BCUT2D eigenvalue weighted by molar-refractivity contribution is -0.176. The van der Waals surface area contributed by atoms with Crippen LogP contribution >= 0.6 is 0 Å². The van der Waals surface area contributed by atoms with Crippen molar-refractivity contribution in [3.63, 3.8) is 0 Å². The van der Waals surface area contributed by atoms with E-state index in [9.17, 15) is 19.8 Å². The number of Topliss-reactive ketones (excluding diaryl/α,β-unsaturated/α-hetero) is 1. The minimum Gasteiger partial charge on any atom is -0.481 e. The van der Waals surface area contributed by atoms with Crippen LogP contribution in [0.25, 0.3) is 0 Å². The van der Waals surface area contributed by atoms with Crippen molar-refractivity contribution < 1.29 is 24.9 Å². The molecule has 0 fully saturated rings. The quantitative estimate of drug-likeness (QED) is 0.517. The first kappa shape index (κ1) is 10.6. The normalized spacial score (nSPS) is 24.2. The largest absolute Gasteiger partial charge is 0.481 e. The smallest absolute Gasteiger partial charge is 0.316 e. The second-order valence-corrected chi connectivity index (χ2v) is 3.11. The number of aliphatic carboxylic acids is 1. The summed E-state index contributed by atoms with van der Waals surface area (Å²) in [5.41, 5.74) is 0.0903. The van der Waals surface area contributed by atoms with E-state index in [1.807, 2.05) is 0 Å². The number of rotatable bonds is 2. The fourth-order valence-corrected chi connectivity index (χ4v) is 1.19. The summed E-state index contributed by atoms with van der Waals surface area (Å²) in [6.45, 7) is 1.26. The van der Waals surface area contributed by atoms with Crippen LogP contribution in [0.2, 0.25) is 0 Å². The molecule has 5 heteroatoms. The van der Waals surface area contributed by atoms with E-state index in [2.05, 4.69) is 0 Å². The Morgan fingerprint density at radius 3 is 2.36 bits per heavy atom. The summed E-state index contributed by atoms with van der Waals surface area (Å²) in [6.07, 6.45) is 3.19. The zero-order chi connectivity index (χ0) is 10.9. The fourth-order valence-electron chi connectivity index (χ4n) is 1.19. The standard InChI is InChI=1S/C9H10O5/c1-5(10)6-2-3-7(8(11)12)9(13,14)4-6/h2-4,7,13-14H,1H3,(H,11,12). The molecule has 0 radical (unpaired) electrons. The van der Waals surface area contributed by atoms with E-state index in [0.29, 0.717) is 0 Å². The summed E-state index contributed by atoms with van der Waals surface area (Å²) >= 11 is 0. The molecule has 0 saturated carbocycles. The van der Waals surface area contributed by atoms with Gasteiger partial charge in [0.1, 0.15) is 5.92 Å². The maximum atomic E-state index is 10.9. The molecule has 1 atom stereocenters. The van der Waals surface area contributed by atoms with Crippen LogP contribution in [0, 0.1) is 5.92 Å². The predicted octanol–water partition coefficient (Wildman–Crippen LogP) is -0.547. The van der Waals surface area contributed by atoms with Gasteiger partial charge in [-0.1, -0.05) is 12.2 Å². The van der Waals surface area contributed by atoms with Crippen LogP contribution in [0.3, 0.4) is 0 Å². The van der Waals surface area contributed by atoms with E-state index in [-0.39, 0.29) is 11.4 Å². The second-order valence-electron chi connectivity index (χ2n) is 3.11. The van der Waals surface area contributed by atoms with Crippen molar-refractivity contribution in [2.45, 2.75) is 12.7 Å². The van der Waals surface area contributed by atoms with Crippen molar-refractivity contribution >= 4 is 11.8 Å². The Kier molecular flexibility index (Phi) is 2.55. The number of allylic oxidation sites excluding steroid dienone is 2. The molecular formula is C9H10O5. The molecule has 5 nitrogen and oxygen atoms in total. The fraction of sp³-hybridized carbons (Fsp3) is 0.333. The van der Waals surface area contributed by atoms with Gasteiger partial charge in [-0.25, -0.2) is 0 Å². The zero-order valence-corrected chi connectivity index (χ0v) is 7.47. The van der Waals surface area contributed by atoms with Gasteiger partial charge in [-0.05, 0) is 13.0 Å². The number of hydrogen-bond donors (Lipinski definition) is 3. The molecule has 0 aromatic heterocycles. The maximum Gasteiger partial charge on any atom is 0.316 e. The maximum absolute atomic E-state index is 10.9.